The number of carbonyl (C=O) groups excluding carboxylic acids is 1. The molecule has 0 bridgehead atoms. The molecule has 0 aromatic heterocycles. The summed E-state index contributed by atoms with van der Waals surface area (Å²) in [7, 11) is 0. The van der Waals surface area contributed by atoms with Gasteiger partial charge >= 0.3 is 0 Å². The molecule has 1 aromatic rings. The van der Waals surface area contributed by atoms with Gasteiger partial charge in [-0.2, -0.15) is 0 Å². The molecule has 1 amide bonds. The van der Waals surface area contributed by atoms with E-state index in [0.717, 1.165) is 13.0 Å². The van der Waals surface area contributed by atoms with E-state index < -0.39 is 6.04 Å². The van der Waals surface area contributed by atoms with Gasteiger partial charge in [-0.1, -0.05) is 44.2 Å². The van der Waals surface area contributed by atoms with Crippen LogP contribution in [0, 0.1) is 11.3 Å². The molecule has 2 rings (SSSR count). The molecule has 0 heterocycles. The van der Waals surface area contributed by atoms with Gasteiger partial charge in [0.2, 0.25) is 5.91 Å². The van der Waals surface area contributed by atoms with Crippen molar-refractivity contribution in [1.82, 2.24) is 5.32 Å². The van der Waals surface area contributed by atoms with Crippen molar-refractivity contribution in [3.05, 3.63) is 35.9 Å². The highest BCUT2D eigenvalue weighted by Crippen LogP contribution is 2.51. The number of benzene rings is 1. The number of rotatable bonds is 7. The fourth-order valence-electron chi connectivity index (χ4n) is 2.61. The summed E-state index contributed by atoms with van der Waals surface area (Å²) in [5.74, 6) is 0.621. The van der Waals surface area contributed by atoms with E-state index in [2.05, 4.69) is 31.3 Å². The van der Waals surface area contributed by atoms with Crippen LogP contribution in [0.1, 0.15) is 38.7 Å². The maximum atomic E-state index is 12.0. The molecule has 3 N–H and O–H groups in total. The minimum absolute atomic E-state index is 0.00661. The maximum Gasteiger partial charge on any atom is 0.236 e. The van der Waals surface area contributed by atoms with Gasteiger partial charge in [-0.3, -0.25) is 4.79 Å². The van der Waals surface area contributed by atoms with Gasteiger partial charge in [-0.05, 0) is 42.6 Å². The van der Waals surface area contributed by atoms with Gasteiger partial charge in [0.1, 0.15) is 0 Å². The maximum absolute atomic E-state index is 12.0. The number of carbonyl (C=O) groups is 1. The molecule has 0 spiro atoms. The van der Waals surface area contributed by atoms with E-state index in [4.69, 9.17) is 5.73 Å². The SMILES string of the molecule is CC(C)C1(CNC(=O)[C@@H](N)CCc2ccccc2)CC1. The van der Waals surface area contributed by atoms with Crippen LogP contribution in [0.15, 0.2) is 30.3 Å². The summed E-state index contributed by atoms with van der Waals surface area (Å²) in [5, 5.41) is 3.04. The van der Waals surface area contributed by atoms with Gasteiger partial charge in [0.05, 0.1) is 6.04 Å². The molecule has 0 saturated heterocycles. The van der Waals surface area contributed by atoms with Gasteiger partial charge in [0.15, 0.2) is 0 Å². The van der Waals surface area contributed by atoms with Gasteiger partial charge in [0, 0.05) is 6.54 Å². The van der Waals surface area contributed by atoms with E-state index in [-0.39, 0.29) is 5.91 Å². The normalized spacial score (nSPS) is 17.8. The molecule has 110 valence electrons. The predicted octanol–water partition coefficient (Wildman–Crippen LogP) is 2.50. The molecule has 3 nitrogen and oxygen atoms in total. The van der Waals surface area contributed by atoms with Crippen molar-refractivity contribution < 1.29 is 4.79 Å². The molecule has 1 saturated carbocycles. The van der Waals surface area contributed by atoms with E-state index in [0.29, 0.717) is 17.8 Å². The van der Waals surface area contributed by atoms with Crippen molar-refractivity contribution in [3.8, 4) is 0 Å². The third-order valence-corrected chi connectivity index (χ3v) is 4.66. The van der Waals surface area contributed by atoms with Gasteiger partial charge in [-0.25, -0.2) is 0 Å². The van der Waals surface area contributed by atoms with Crippen LogP contribution in [0.5, 0.6) is 0 Å². The Kier molecular flexibility index (Phi) is 4.81. The van der Waals surface area contributed by atoms with Crippen molar-refractivity contribution in [2.45, 2.75) is 45.6 Å². The van der Waals surface area contributed by atoms with Crippen LogP contribution >= 0.6 is 0 Å². The number of nitrogens with two attached hydrogens (primary N) is 1. The van der Waals surface area contributed by atoms with Crippen molar-refractivity contribution in [2.75, 3.05) is 6.54 Å². The third kappa shape index (κ3) is 3.83. The summed E-state index contributed by atoms with van der Waals surface area (Å²) in [6, 6.07) is 9.77. The Morgan fingerprint density at radius 1 is 1.30 bits per heavy atom. The monoisotopic (exact) mass is 274 g/mol. The lowest BCUT2D eigenvalue weighted by Gasteiger charge is -2.21. The van der Waals surface area contributed by atoms with E-state index in [1.807, 2.05) is 18.2 Å². The Morgan fingerprint density at radius 2 is 1.95 bits per heavy atom. The standard InChI is InChI=1S/C17H26N2O/c1-13(2)17(10-11-17)12-19-16(20)15(18)9-8-14-6-4-3-5-7-14/h3-7,13,15H,8-12,18H2,1-2H3,(H,19,20)/t15-/m0/s1. The number of hydrogen-bond donors (Lipinski definition) is 2. The average molecular weight is 274 g/mol. The topological polar surface area (TPSA) is 55.1 Å². The van der Waals surface area contributed by atoms with Crippen LogP contribution in [0.2, 0.25) is 0 Å². The summed E-state index contributed by atoms with van der Waals surface area (Å²) < 4.78 is 0. The number of amides is 1. The zero-order valence-corrected chi connectivity index (χ0v) is 12.6. The van der Waals surface area contributed by atoms with E-state index in [9.17, 15) is 4.79 Å². The second-order valence-electron chi connectivity index (χ2n) is 6.37. The Labute approximate surface area is 121 Å². The largest absolute Gasteiger partial charge is 0.354 e. The van der Waals surface area contributed by atoms with Crippen LogP contribution in [0.3, 0.4) is 0 Å². The highest BCUT2D eigenvalue weighted by atomic mass is 16.2. The number of aryl methyl sites for hydroxylation is 1. The van der Waals surface area contributed by atoms with Crippen molar-refractivity contribution in [1.29, 1.82) is 0 Å². The van der Waals surface area contributed by atoms with E-state index in [1.54, 1.807) is 0 Å². The molecular weight excluding hydrogens is 248 g/mol. The lowest BCUT2D eigenvalue weighted by Crippen LogP contribution is -2.43. The first-order chi connectivity index (χ1) is 9.53. The van der Waals surface area contributed by atoms with Gasteiger partial charge in [0.25, 0.3) is 0 Å². The Morgan fingerprint density at radius 3 is 2.50 bits per heavy atom. The van der Waals surface area contributed by atoms with Crippen LogP contribution < -0.4 is 11.1 Å². The summed E-state index contributed by atoms with van der Waals surface area (Å²) in [4.78, 5) is 12.0. The molecule has 0 unspecified atom stereocenters. The summed E-state index contributed by atoms with van der Waals surface area (Å²) in [5.41, 5.74) is 7.55. The highest BCUT2D eigenvalue weighted by Gasteiger charge is 2.45. The first-order valence-corrected chi connectivity index (χ1v) is 7.61. The van der Waals surface area contributed by atoms with Gasteiger partial charge in [-0.15, -0.1) is 0 Å². The molecule has 1 aromatic carbocycles. The van der Waals surface area contributed by atoms with Crippen molar-refractivity contribution in [2.24, 2.45) is 17.1 Å². The number of nitrogens with one attached hydrogen (secondary N) is 1. The molecular formula is C17H26N2O. The van der Waals surface area contributed by atoms with Crippen LogP contribution in [-0.4, -0.2) is 18.5 Å². The zero-order valence-electron chi connectivity index (χ0n) is 12.6. The van der Waals surface area contributed by atoms with Crippen molar-refractivity contribution in [3.63, 3.8) is 0 Å². The average Bonchev–Trinajstić information content (AvgIpc) is 3.24. The summed E-state index contributed by atoms with van der Waals surface area (Å²) >= 11 is 0. The second kappa shape index (κ2) is 6.40. The molecule has 3 heteroatoms. The fraction of sp³-hybridized carbons (Fsp3) is 0.588. The van der Waals surface area contributed by atoms with Gasteiger partial charge < -0.3 is 11.1 Å². The predicted molar refractivity (Wildman–Crippen MR) is 82.3 cm³/mol. The van der Waals surface area contributed by atoms with Crippen molar-refractivity contribution >= 4 is 5.91 Å². The first-order valence-electron chi connectivity index (χ1n) is 7.61. The molecule has 1 atom stereocenters. The molecule has 20 heavy (non-hydrogen) atoms. The molecule has 1 aliphatic rings. The molecule has 0 aliphatic heterocycles. The first kappa shape index (κ1) is 15.0. The third-order valence-electron chi connectivity index (χ3n) is 4.66. The lowest BCUT2D eigenvalue weighted by molar-refractivity contribution is -0.122. The number of hydrogen-bond acceptors (Lipinski definition) is 2. The minimum Gasteiger partial charge on any atom is -0.354 e. The van der Waals surface area contributed by atoms with Crippen LogP contribution in [-0.2, 0) is 11.2 Å². The zero-order chi connectivity index (χ0) is 14.6. The summed E-state index contributed by atoms with van der Waals surface area (Å²) in [6.45, 7) is 5.24. The van der Waals surface area contributed by atoms with Crippen LogP contribution in [0.4, 0.5) is 0 Å². The molecule has 0 radical (unpaired) electrons. The van der Waals surface area contributed by atoms with Crippen LogP contribution in [0.25, 0.3) is 0 Å². The second-order valence-corrected chi connectivity index (χ2v) is 6.37. The quantitative estimate of drug-likeness (QED) is 0.802. The molecule has 1 aliphatic carbocycles. The minimum atomic E-state index is -0.404. The highest BCUT2D eigenvalue weighted by molar-refractivity contribution is 5.81. The fourth-order valence-corrected chi connectivity index (χ4v) is 2.61. The Hall–Kier alpha value is -1.35. The smallest absolute Gasteiger partial charge is 0.236 e. The lowest BCUT2D eigenvalue weighted by atomic mass is 9.92. The Balaban J connectivity index is 1.72. The Bertz CT molecular complexity index is 438. The van der Waals surface area contributed by atoms with E-state index >= 15 is 0 Å². The molecule has 1 fully saturated rings. The summed E-state index contributed by atoms with van der Waals surface area (Å²) in [6.07, 6.45) is 4.00. The van der Waals surface area contributed by atoms with E-state index in [1.165, 1.54) is 18.4 Å².